The summed E-state index contributed by atoms with van der Waals surface area (Å²) in [6.07, 6.45) is 4.46. The van der Waals surface area contributed by atoms with E-state index in [1.165, 1.54) is 0 Å². The van der Waals surface area contributed by atoms with Crippen LogP contribution in [-0.4, -0.2) is 34.5 Å². The SMILES string of the molecule is O=C1NC2(CCN(c3ncnc4ccsc34)CC2)C[C@H]1c1ccccc1. The Hall–Kier alpha value is -2.47. The molecule has 2 aromatic heterocycles. The van der Waals surface area contributed by atoms with E-state index in [1.54, 1.807) is 17.7 Å². The third-order valence-electron chi connectivity index (χ3n) is 5.75. The van der Waals surface area contributed by atoms with Crippen molar-refractivity contribution in [3.63, 3.8) is 0 Å². The first-order valence-electron chi connectivity index (χ1n) is 9.04. The number of carbonyl (C=O) groups is 1. The summed E-state index contributed by atoms with van der Waals surface area (Å²) in [4.78, 5) is 23.8. The molecule has 5 nitrogen and oxygen atoms in total. The zero-order valence-electron chi connectivity index (χ0n) is 14.4. The lowest BCUT2D eigenvalue weighted by Gasteiger charge is -2.39. The van der Waals surface area contributed by atoms with E-state index in [0.717, 1.165) is 53.9 Å². The summed E-state index contributed by atoms with van der Waals surface area (Å²) in [6.45, 7) is 1.82. The molecule has 1 atom stereocenters. The molecular formula is C20H20N4OS. The van der Waals surface area contributed by atoms with Gasteiger partial charge in [0.05, 0.1) is 16.1 Å². The van der Waals surface area contributed by atoms with E-state index in [0.29, 0.717) is 0 Å². The minimum atomic E-state index is -0.0737. The smallest absolute Gasteiger partial charge is 0.228 e. The minimum absolute atomic E-state index is 0.0224. The molecule has 2 aliphatic heterocycles. The Morgan fingerprint density at radius 3 is 2.73 bits per heavy atom. The summed E-state index contributed by atoms with van der Waals surface area (Å²) in [5.74, 6) is 1.18. The van der Waals surface area contributed by atoms with Crippen LogP contribution in [0.15, 0.2) is 48.1 Å². The summed E-state index contributed by atoms with van der Waals surface area (Å²) >= 11 is 1.69. The Bertz CT molecular complexity index is 947. The Kier molecular flexibility index (Phi) is 3.67. The summed E-state index contributed by atoms with van der Waals surface area (Å²) in [5, 5.41) is 5.39. The molecule has 1 amide bonds. The van der Waals surface area contributed by atoms with E-state index >= 15 is 0 Å². The van der Waals surface area contributed by atoms with Crippen LogP contribution in [-0.2, 0) is 4.79 Å². The summed E-state index contributed by atoms with van der Waals surface area (Å²) in [7, 11) is 0. The van der Waals surface area contributed by atoms with Crippen molar-refractivity contribution < 1.29 is 4.79 Å². The second-order valence-electron chi connectivity index (χ2n) is 7.26. The number of nitrogens with one attached hydrogen (secondary N) is 1. The van der Waals surface area contributed by atoms with Gasteiger partial charge in [0, 0.05) is 18.6 Å². The molecule has 2 aliphatic rings. The standard InChI is InChI=1S/C20H20N4OS/c25-19-15(14-4-2-1-3-5-14)12-20(23-19)7-9-24(10-8-20)18-17-16(6-11-26-17)21-13-22-18/h1-6,11,13,15H,7-10,12H2,(H,23,25)/t15-/m0/s1. The van der Waals surface area contributed by atoms with E-state index in [9.17, 15) is 4.79 Å². The van der Waals surface area contributed by atoms with Crippen LogP contribution in [0.1, 0.15) is 30.7 Å². The zero-order valence-corrected chi connectivity index (χ0v) is 15.2. The van der Waals surface area contributed by atoms with Crippen molar-refractivity contribution >= 4 is 33.3 Å². The maximum atomic E-state index is 12.6. The lowest BCUT2D eigenvalue weighted by Crippen LogP contribution is -2.51. The highest BCUT2D eigenvalue weighted by molar-refractivity contribution is 7.17. The molecule has 0 aliphatic carbocycles. The molecule has 4 heterocycles. The van der Waals surface area contributed by atoms with Crippen LogP contribution in [0.4, 0.5) is 5.82 Å². The van der Waals surface area contributed by atoms with Crippen LogP contribution >= 0.6 is 11.3 Å². The third kappa shape index (κ3) is 2.56. The zero-order chi connectivity index (χ0) is 17.6. The van der Waals surface area contributed by atoms with Gasteiger partial charge in [0.15, 0.2) is 0 Å². The molecule has 2 fully saturated rings. The first-order valence-corrected chi connectivity index (χ1v) is 9.92. The van der Waals surface area contributed by atoms with Crippen LogP contribution < -0.4 is 10.2 Å². The van der Waals surface area contributed by atoms with Gasteiger partial charge < -0.3 is 10.2 Å². The fraction of sp³-hybridized carbons (Fsp3) is 0.350. The molecule has 1 N–H and O–H groups in total. The van der Waals surface area contributed by atoms with E-state index in [-0.39, 0.29) is 17.4 Å². The molecule has 26 heavy (non-hydrogen) atoms. The maximum Gasteiger partial charge on any atom is 0.228 e. The van der Waals surface area contributed by atoms with Crippen LogP contribution in [0.3, 0.4) is 0 Å². The Labute approximate surface area is 156 Å². The fourth-order valence-electron chi connectivity index (χ4n) is 4.31. The van der Waals surface area contributed by atoms with Crippen molar-refractivity contribution in [3.05, 3.63) is 53.7 Å². The van der Waals surface area contributed by atoms with E-state index < -0.39 is 0 Å². The lowest BCUT2D eigenvalue weighted by atomic mass is 9.82. The maximum absolute atomic E-state index is 12.6. The van der Waals surface area contributed by atoms with Crippen molar-refractivity contribution in [2.75, 3.05) is 18.0 Å². The van der Waals surface area contributed by atoms with Crippen molar-refractivity contribution in [2.24, 2.45) is 0 Å². The fourth-order valence-corrected chi connectivity index (χ4v) is 5.18. The summed E-state index contributed by atoms with van der Waals surface area (Å²) in [6, 6.07) is 12.2. The Morgan fingerprint density at radius 1 is 1.12 bits per heavy atom. The average Bonchev–Trinajstić information content (AvgIpc) is 3.28. The molecule has 0 bridgehead atoms. The normalized spacial score (nSPS) is 22.1. The number of thiophene rings is 1. The monoisotopic (exact) mass is 364 g/mol. The van der Waals surface area contributed by atoms with Crippen molar-refractivity contribution in [1.29, 1.82) is 0 Å². The number of carbonyl (C=O) groups excluding carboxylic acids is 1. The van der Waals surface area contributed by atoms with E-state index in [2.05, 4.69) is 37.7 Å². The lowest BCUT2D eigenvalue weighted by molar-refractivity contribution is -0.121. The number of amides is 1. The second kappa shape index (κ2) is 6.06. The number of hydrogen-bond acceptors (Lipinski definition) is 5. The van der Waals surface area contributed by atoms with Gasteiger partial charge in [-0.1, -0.05) is 30.3 Å². The predicted octanol–water partition coefficient (Wildman–Crippen LogP) is 3.33. The molecule has 3 aromatic rings. The van der Waals surface area contributed by atoms with Crippen LogP contribution in [0, 0.1) is 0 Å². The third-order valence-corrected chi connectivity index (χ3v) is 6.65. The Balaban J connectivity index is 1.34. The van der Waals surface area contributed by atoms with E-state index in [1.807, 2.05) is 24.3 Å². The molecule has 1 spiro atoms. The quantitative estimate of drug-likeness (QED) is 0.758. The highest BCUT2D eigenvalue weighted by Gasteiger charge is 2.46. The number of fused-ring (bicyclic) bond motifs is 1. The van der Waals surface area contributed by atoms with Crippen molar-refractivity contribution in [3.8, 4) is 0 Å². The van der Waals surface area contributed by atoms with Crippen molar-refractivity contribution in [1.82, 2.24) is 15.3 Å². The number of aromatic nitrogens is 2. The topological polar surface area (TPSA) is 58.1 Å². The number of piperidine rings is 1. The highest BCUT2D eigenvalue weighted by Crippen LogP contribution is 2.40. The van der Waals surface area contributed by atoms with Gasteiger partial charge in [-0.15, -0.1) is 11.3 Å². The van der Waals surface area contributed by atoms with Gasteiger partial charge in [0.1, 0.15) is 12.1 Å². The molecule has 2 saturated heterocycles. The van der Waals surface area contributed by atoms with Crippen LogP contribution in [0.25, 0.3) is 10.2 Å². The molecule has 0 saturated carbocycles. The van der Waals surface area contributed by atoms with Crippen LogP contribution in [0.2, 0.25) is 0 Å². The summed E-state index contributed by atoms with van der Waals surface area (Å²) in [5.41, 5.74) is 2.06. The van der Waals surface area contributed by atoms with Gasteiger partial charge in [-0.2, -0.15) is 0 Å². The van der Waals surface area contributed by atoms with Gasteiger partial charge in [0.25, 0.3) is 0 Å². The minimum Gasteiger partial charge on any atom is -0.355 e. The molecule has 5 rings (SSSR count). The average molecular weight is 364 g/mol. The molecule has 132 valence electrons. The van der Waals surface area contributed by atoms with Gasteiger partial charge in [-0.3, -0.25) is 4.79 Å². The first kappa shape index (κ1) is 15.8. The van der Waals surface area contributed by atoms with Gasteiger partial charge in [-0.25, -0.2) is 9.97 Å². The van der Waals surface area contributed by atoms with Crippen LogP contribution in [0.5, 0.6) is 0 Å². The number of anilines is 1. The molecule has 0 unspecified atom stereocenters. The molecule has 6 heteroatoms. The first-order chi connectivity index (χ1) is 12.7. The number of rotatable bonds is 2. The Morgan fingerprint density at radius 2 is 1.92 bits per heavy atom. The number of nitrogens with zero attached hydrogens (tertiary/aromatic N) is 3. The second-order valence-corrected chi connectivity index (χ2v) is 8.17. The molecular weight excluding hydrogens is 344 g/mol. The van der Waals surface area contributed by atoms with Gasteiger partial charge >= 0.3 is 0 Å². The van der Waals surface area contributed by atoms with Gasteiger partial charge in [-0.05, 0) is 36.3 Å². The van der Waals surface area contributed by atoms with E-state index in [4.69, 9.17) is 0 Å². The van der Waals surface area contributed by atoms with Crippen molar-refractivity contribution in [2.45, 2.75) is 30.7 Å². The largest absolute Gasteiger partial charge is 0.355 e. The summed E-state index contributed by atoms with van der Waals surface area (Å²) < 4.78 is 1.15. The predicted molar refractivity (Wildman–Crippen MR) is 104 cm³/mol. The van der Waals surface area contributed by atoms with Gasteiger partial charge in [0.2, 0.25) is 5.91 Å². The molecule has 0 radical (unpaired) electrons. The number of hydrogen-bond donors (Lipinski definition) is 1. The highest BCUT2D eigenvalue weighted by atomic mass is 32.1. The number of benzene rings is 1. The molecule has 1 aromatic carbocycles.